The predicted octanol–water partition coefficient (Wildman–Crippen LogP) is 2.65. The maximum Gasteiger partial charge on any atom is 0.204 e. The Morgan fingerprint density at radius 2 is 2.00 bits per heavy atom. The summed E-state index contributed by atoms with van der Waals surface area (Å²) in [6.45, 7) is 5.17. The third kappa shape index (κ3) is 3.02. The molecule has 2 aromatic rings. The van der Waals surface area contributed by atoms with E-state index in [1.54, 1.807) is 0 Å². The number of anilines is 1. The minimum Gasteiger partial charge on any atom is -0.348 e. The van der Waals surface area contributed by atoms with Crippen LogP contribution in [-0.2, 0) is 13.6 Å². The number of rotatable bonds is 5. The number of aryl methyl sites for hydroxylation is 1. The summed E-state index contributed by atoms with van der Waals surface area (Å²) in [7, 11) is 6.07. The van der Waals surface area contributed by atoms with Crippen LogP contribution in [-0.4, -0.2) is 23.6 Å². The number of hydrogen-bond acceptors (Lipinski definition) is 3. The molecule has 0 spiro atoms. The van der Waals surface area contributed by atoms with Crippen molar-refractivity contribution in [3.63, 3.8) is 0 Å². The SMILES string of the molecule is Cc1ccccc1C(C)NCc1cnc(N(C)C)n1C. The lowest BCUT2D eigenvalue weighted by Gasteiger charge is -2.17. The highest BCUT2D eigenvalue weighted by Gasteiger charge is 2.11. The van der Waals surface area contributed by atoms with Crippen LogP contribution >= 0.6 is 0 Å². The lowest BCUT2D eigenvalue weighted by Crippen LogP contribution is -2.21. The molecule has 1 unspecified atom stereocenters. The number of imidazole rings is 1. The molecule has 1 N–H and O–H groups in total. The van der Waals surface area contributed by atoms with Crippen LogP contribution in [0, 0.1) is 6.92 Å². The molecule has 108 valence electrons. The van der Waals surface area contributed by atoms with Gasteiger partial charge in [0.15, 0.2) is 0 Å². The molecule has 0 saturated heterocycles. The van der Waals surface area contributed by atoms with Crippen molar-refractivity contribution in [2.24, 2.45) is 7.05 Å². The molecule has 4 heteroatoms. The third-order valence-electron chi connectivity index (χ3n) is 3.70. The zero-order valence-electron chi connectivity index (χ0n) is 13.0. The van der Waals surface area contributed by atoms with E-state index >= 15 is 0 Å². The minimum absolute atomic E-state index is 0.328. The molecule has 1 aromatic carbocycles. The van der Waals surface area contributed by atoms with Crippen LogP contribution in [0.2, 0.25) is 0 Å². The van der Waals surface area contributed by atoms with E-state index in [0.717, 1.165) is 12.5 Å². The van der Waals surface area contributed by atoms with E-state index in [1.165, 1.54) is 16.8 Å². The first-order chi connectivity index (χ1) is 9.50. The van der Waals surface area contributed by atoms with Gasteiger partial charge in [-0.15, -0.1) is 0 Å². The summed E-state index contributed by atoms with van der Waals surface area (Å²) >= 11 is 0. The molecule has 0 aliphatic rings. The molecule has 2 rings (SSSR count). The molecule has 1 atom stereocenters. The average molecular weight is 272 g/mol. The summed E-state index contributed by atoms with van der Waals surface area (Å²) in [5, 5.41) is 3.57. The Hall–Kier alpha value is -1.81. The highest BCUT2D eigenvalue weighted by molar-refractivity contribution is 5.31. The Labute approximate surface area is 121 Å². The molecule has 0 aliphatic carbocycles. The van der Waals surface area contributed by atoms with Gasteiger partial charge in [-0.3, -0.25) is 0 Å². The van der Waals surface area contributed by atoms with Gasteiger partial charge in [0, 0.05) is 33.7 Å². The van der Waals surface area contributed by atoms with Crippen molar-refractivity contribution in [1.29, 1.82) is 0 Å². The fourth-order valence-corrected chi connectivity index (χ4v) is 2.45. The van der Waals surface area contributed by atoms with Gasteiger partial charge in [0.2, 0.25) is 5.95 Å². The summed E-state index contributed by atoms with van der Waals surface area (Å²) < 4.78 is 2.12. The van der Waals surface area contributed by atoms with Gasteiger partial charge in [-0.25, -0.2) is 4.98 Å². The molecule has 0 radical (unpaired) electrons. The van der Waals surface area contributed by atoms with Crippen LogP contribution < -0.4 is 10.2 Å². The van der Waals surface area contributed by atoms with Crippen molar-refractivity contribution in [2.75, 3.05) is 19.0 Å². The van der Waals surface area contributed by atoms with Crippen LogP contribution in [0.3, 0.4) is 0 Å². The van der Waals surface area contributed by atoms with Crippen LogP contribution in [0.5, 0.6) is 0 Å². The maximum atomic E-state index is 4.43. The van der Waals surface area contributed by atoms with Gasteiger partial charge in [0.25, 0.3) is 0 Å². The van der Waals surface area contributed by atoms with E-state index in [1.807, 2.05) is 25.2 Å². The molecule has 0 amide bonds. The van der Waals surface area contributed by atoms with Crippen LogP contribution in [0.1, 0.15) is 29.8 Å². The molecule has 1 heterocycles. The Morgan fingerprint density at radius 1 is 1.30 bits per heavy atom. The molecule has 0 bridgehead atoms. The lowest BCUT2D eigenvalue weighted by molar-refractivity contribution is 0.556. The molecule has 1 aromatic heterocycles. The largest absolute Gasteiger partial charge is 0.348 e. The topological polar surface area (TPSA) is 33.1 Å². The van der Waals surface area contributed by atoms with E-state index < -0.39 is 0 Å². The van der Waals surface area contributed by atoms with Gasteiger partial charge < -0.3 is 14.8 Å². The van der Waals surface area contributed by atoms with Gasteiger partial charge in [-0.1, -0.05) is 24.3 Å². The van der Waals surface area contributed by atoms with Crippen molar-refractivity contribution >= 4 is 5.95 Å². The van der Waals surface area contributed by atoms with Gasteiger partial charge in [0.05, 0.1) is 11.9 Å². The summed E-state index contributed by atoms with van der Waals surface area (Å²) in [5.41, 5.74) is 3.86. The summed E-state index contributed by atoms with van der Waals surface area (Å²) in [6.07, 6.45) is 1.94. The monoisotopic (exact) mass is 272 g/mol. The first-order valence-corrected chi connectivity index (χ1v) is 6.97. The van der Waals surface area contributed by atoms with Crippen molar-refractivity contribution < 1.29 is 0 Å². The second-order valence-electron chi connectivity index (χ2n) is 5.46. The Balaban J connectivity index is 2.04. The van der Waals surface area contributed by atoms with Gasteiger partial charge in [0.1, 0.15) is 0 Å². The number of nitrogens with zero attached hydrogens (tertiary/aromatic N) is 3. The van der Waals surface area contributed by atoms with Crippen molar-refractivity contribution in [1.82, 2.24) is 14.9 Å². The number of aromatic nitrogens is 2. The predicted molar refractivity (Wildman–Crippen MR) is 84.0 cm³/mol. The molecule has 0 fully saturated rings. The van der Waals surface area contributed by atoms with E-state index in [-0.39, 0.29) is 0 Å². The number of benzene rings is 1. The quantitative estimate of drug-likeness (QED) is 0.908. The highest BCUT2D eigenvalue weighted by atomic mass is 15.3. The van der Waals surface area contributed by atoms with Crippen LogP contribution in [0.15, 0.2) is 30.5 Å². The standard InChI is InChI=1S/C16H24N4/c1-12-8-6-7-9-15(12)13(2)17-10-14-11-18-16(19(3)4)20(14)5/h6-9,11,13,17H,10H2,1-5H3. The van der Waals surface area contributed by atoms with E-state index in [9.17, 15) is 0 Å². The summed E-state index contributed by atoms with van der Waals surface area (Å²) in [5.74, 6) is 0.977. The fraction of sp³-hybridized carbons (Fsp3) is 0.438. The van der Waals surface area contributed by atoms with E-state index in [4.69, 9.17) is 0 Å². The van der Waals surface area contributed by atoms with Crippen LogP contribution in [0.4, 0.5) is 5.95 Å². The minimum atomic E-state index is 0.328. The average Bonchev–Trinajstić information content (AvgIpc) is 2.78. The van der Waals surface area contributed by atoms with Crippen LogP contribution in [0.25, 0.3) is 0 Å². The summed E-state index contributed by atoms with van der Waals surface area (Å²) in [6, 6.07) is 8.84. The van der Waals surface area contributed by atoms with E-state index in [2.05, 4.69) is 60.0 Å². The molecular weight excluding hydrogens is 248 g/mol. The van der Waals surface area contributed by atoms with Gasteiger partial charge in [-0.2, -0.15) is 0 Å². The van der Waals surface area contributed by atoms with Gasteiger partial charge in [-0.05, 0) is 25.0 Å². The molecule has 20 heavy (non-hydrogen) atoms. The zero-order valence-corrected chi connectivity index (χ0v) is 13.0. The first-order valence-electron chi connectivity index (χ1n) is 6.97. The number of nitrogens with one attached hydrogen (secondary N) is 1. The van der Waals surface area contributed by atoms with Gasteiger partial charge >= 0.3 is 0 Å². The number of hydrogen-bond donors (Lipinski definition) is 1. The molecular formula is C16H24N4. The van der Waals surface area contributed by atoms with Crippen molar-refractivity contribution in [2.45, 2.75) is 26.4 Å². The Bertz CT molecular complexity index is 572. The third-order valence-corrected chi connectivity index (χ3v) is 3.70. The van der Waals surface area contributed by atoms with Crippen molar-refractivity contribution in [3.8, 4) is 0 Å². The second-order valence-corrected chi connectivity index (χ2v) is 5.46. The highest BCUT2D eigenvalue weighted by Crippen LogP contribution is 2.18. The van der Waals surface area contributed by atoms with Crippen molar-refractivity contribution in [3.05, 3.63) is 47.3 Å². The molecule has 0 aliphatic heterocycles. The second kappa shape index (κ2) is 6.09. The molecule has 4 nitrogen and oxygen atoms in total. The lowest BCUT2D eigenvalue weighted by atomic mass is 10.0. The smallest absolute Gasteiger partial charge is 0.204 e. The maximum absolute atomic E-state index is 4.43. The Kier molecular flexibility index (Phi) is 4.45. The summed E-state index contributed by atoms with van der Waals surface area (Å²) in [4.78, 5) is 6.45. The normalized spacial score (nSPS) is 12.4. The zero-order chi connectivity index (χ0) is 14.7. The fourth-order valence-electron chi connectivity index (χ4n) is 2.45. The molecule has 0 saturated carbocycles. The van der Waals surface area contributed by atoms with E-state index in [0.29, 0.717) is 6.04 Å². The first kappa shape index (κ1) is 14.6. The Morgan fingerprint density at radius 3 is 2.60 bits per heavy atom.